The molecule has 0 bridgehead atoms. The summed E-state index contributed by atoms with van der Waals surface area (Å²) in [6.07, 6.45) is 12.9. The van der Waals surface area contributed by atoms with Crippen LogP contribution in [0.4, 0.5) is 0 Å². The molecule has 12 heteroatoms. The molecule has 0 saturated carbocycles. The van der Waals surface area contributed by atoms with Crippen LogP contribution in [0.5, 0.6) is 0 Å². The number of nitrogens with zero attached hydrogens (tertiary/aromatic N) is 3. The normalized spacial score (nSPS) is 13.8. The number of benzene rings is 4. The molecule has 3 heterocycles. The number of amides is 1. The molecule has 63 heavy (non-hydrogen) atoms. The van der Waals surface area contributed by atoms with E-state index >= 15 is 0 Å². The van der Waals surface area contributed by atoms with Gasteiger partial charge >= 0.3 is 11.9 Å². The zero-order valence-electron chi connectivity index (χ0n) is 36.6. The maximum absolute atomic E-state index is 12.6. The fourth-order valence-electron chi connectivity index (χ4n) is 6.40. The molecule has 1 amide bonds. The second kappa shape index (κ2) is 21.0. The standard InChI is InChI=1S/C48H50N4O6.C3H4N2/c1-47(2,3)56-42(54)29-19-34-16-22-38(23-17-34)45-50-43(36-20-14-33(15-21-36)18-28-41(53)49-30-10-13-32-11-8-7-9-12-32)44(51-45)37-26-24-35(25-27-37)39-31-40(58-52-39)46(55)57-48(4,5)6;1-2-5-3-4-1/h7-9,11-12,14-29,40H,10,13,30-31H2,1-6H3,(H,49,53)(H,50,51);1-3H,(H,4,5). The molecule has 0 fully saturated rings. The topological polar surface area (TPSA) is 161 Å². The third-order valence-electron chi connectivity index (χ3n) is 9.35. The fraction of sp³-hybridized carbons (Fsp3) is 0.255. The van der Waals surface area contributed by atoms with Crippen LogP contribution >= 0.6 is 0 Å². The van der Waals surface area contributed by atoms with Crippen molar-refractivity contribution in [3.63, 3.8) is 0 Å². The van der Waals surface area contributed by atoms with E-state index in [0.717, 1.165) is 57.6 Å². The van der Waals surface area contributed by atoms with Gasteiger partial charge in [-0.1, -0.05) is 108 Å². The van der Waals surface area contributed by atoms with Crippen LogP contribution in [0, 0.1) is 0 Å². The number of carbonyl (C=O) groups is 3. The highest BCUT2D eigenvalue weighted by Gasteiger charge is 2.33. The van der Waals surface area contributed by atoms with E-state index in [1.54, 1.807) is 36.9 Å². The Kier molecular flexibility index (Phi) is 15.0. The Morgan fingerprint density at radius 1 is 0.762 bits per heavy atom. The third-order valence-corrected chi connectivity index (χ3v) is 9.35. The zero-order chi connectivity index (χ0) is 44.8. The Labute approximate surface area is 368 Å². The summed E-state index contributed by atoms with van der Waals surface area (Å²) in [6.45, 7) is 11.6. The van der Waals surface area contributed by atoms with E-state index in [4.69, 9.17) is 19.3 Å². The molecular formula is C51H54N6O6. The van der Waals surface area contributed by atoms with E-state index < -0.39 is 29.2 Å². The van der Waals surface area contributed by atoms with Gasteiger partial charge in [-0.3, -0.25) is 4.79 Å². The summed E-state index contributed by atoms with van der Waals surface area (Å²) in [6, 6.07) is 33.7. The second-order valence-corrected chi connectivity index (χ2v) is 16.8. The number of hydrogen-bond donors (Lipinski definition) is 3. The molecule has 1 aliphatic rings. The molecule has 1 unspecified atom stereocenters. The van der Waals surface area contributed by atoms with Gasteiger partial charge < -0.3 is 29.6 Å². The Balaban J connectivity index is 0.00000123. The summed E-state index contributed by atoms with van der Waals surface area (Å²) in [4.78, 5) is 57.8. The average molecular weight is 847 g/mol. The van der Waals surface area contributed by atoms with E-state index in [1.165, 1.54) is 11.6 Å². The van der Waals surface area contributed by atoms with Gasteiger partial charge in [0.15, 0.2) is 0 Å². The number of esters is 2. The number of H-pyrrole nitrogens is 2. The SMILES string of the molecule is CC(C)(C)OC(=O)C=Cc1ccc(-c2nc(-c3ccc(C4=NOC(C(=O)OC(C)(C)C)C4)cc3)c(-c3ccc(C=CC(=O)NCCCc4ccccc4)cc3)[nH]2)cc1.c1c[nH]cn1. The molecule has 0 aliphatic carbocycles. The van der Waals surface area contributed by atoms with E-state index in [1.807, 2.05) is 133 Å². The highest BCUT2D eigenvalue weighted by molar-refractivity contribution is 6.04. The molecule has 2 aromatic heterocycles. The minimum atomic E-state index is -0.786. The van der Waals surface area contributed by atoms with Crippen LogP contribution in [-0.4, -0.2) is 67.3 Å². The first-order valence-corrected chi connectivity index (χ1v) is 20.9. The first-order chi connectivity index (χ1) is 30.2. The Morgan fingerprint density at radius 2 is 1.38 bits per heavy atom. The van der Waals surface area contributed by atoms with Gasteiger partial charge in [0.2, 0.25) is 12.0 Å². The monoisotopic (exact) mass is 846 g/mol. The third kappa shape index (κ3) is 14.1. The molecule has 1 aliphatic heterocycles. The van der Waals surface area contributed by atoms with Crippen LogP contribution in [-0.2, 0) is 35.1 Å². The maximum atomic E-state index is 12.6. The van der Waals surface area contributed by atoms with Crippen molar-refractivity contribution in [3.8, 4) is 33.9 Å². The predicted octanol–water partition coefficient (Wildman–Crippen LogP) is 9.77. The second-order valence-electron chi connectivity index (χ2n) is 16.8. The van der Waals surface area contributed by atoms with Gasteiger partial charge in [-0.05, 0) is 88.8 Å². The molecule has 0 spiro atoms. The van der Waals surface area contributed by atoms with Gasteiger partial charge in [-0.15, -0.1) is 0 Å². The van der Waals surface area contributed by atoms with Crippen molar-refractivity contribution < 1.29 is 28.7 Å². The van der Waals surface area contributed by atoms with Crippen molar-refractivity contribution in [1.82, 2.24) is 25.3 Å². The minimum absolute atomic E-state index is 0.136. The number of aromatic amines is 2. The highest BCUT2D eigenvalue weighted by atomic mass is 16.7. The molecular weight excluding hydrogens is 793 g/mol. The van der Waals surface area contributed by atoms with Crippen LogP contribution in [0.1, 0.15) is 76.6 Å². The quantitative estimate of drug-likeness (QED) is 0.0588. The van der Waals surface area contributed by atoms with Gasteiger partial charge in [0.25, 0.3) is 0 Å². The van der Waals surface area contributed by atoms with Gasteiger partial charge in [-0.2, -0.15) is 0 Å². The summed E-state index contributed by atoms with van der Waals surface area (Å²) >= 11 is 0. The van der Waals surface area contributed by atoms with Crippen LogP contribution in [0.2, 0.25) is 0 Å². The maximum Gasteiger partial charge on any atom is 0.351 e. The number of carbonyl (C=O) groups excluding carboxylic acids is 3. The predicted molar refractivity (Wildman–Crippen MR) is 247 cm³/mol. The van der Waals surface area contributed by atoms with Crippen molar-refractivity contribution in [2.45, 2.75) is 78.1 Å². The summed E-state index contributed by atoms with van der Waals surface area (Å²) in [7, 11) is 0. The summed E-state index contributed by atoms with van der Waals surface area (Å²) in [5.41, 5.74) is 7.47. The number of aryl methyl sites for hydroxylation is 1. The van der Waals surface area contributed by atoms with Crippen molar-refractivity contribution in [1.29, 1.82) is 0 Å². The summed E-state index contributed by atoms with van der Waals surface area (Å²) in [5, 5.41) is 7.16. The first-order valence-electron chi connectivity index (χ1n) is 20.9. The first kappa shape index (κ1) is 45.2. The molecule has 3 N–H and O–H groups in total. The Hall–Kier alpha value is -7.34. The van der Waals surface area contributed by atoms with Gasteiger partial charge in [0.05, 0.1) is 23.4 Å². The molecule has 6 aromatic rings. The smallest absolute Gasteiger partial charge is 0.351 e. The van der Waals surface area contributed by atoms with Crippen LogP contribution in [0.3, 0.4) is 0 Å². The van der Waals surface area contributed by atoms with Crippen molar-refractivity contribution in [2.24, 2.45) is 5.16 Å². The van der Waals surface area contributed by atoms with Crippen LogP contribution in [0.25, 0.3) is 46.1 Å². The number of hydrogen-bond acceptors (Lipinski definition) is 9. The van der Waals surface area contributed by atoms with E-state index in [9.17, 15) is 14.4 Å². The molecule has 12 nitrogen and oxygen atoms in total. The molecule has 1 atom stereocenters. The lowest BCUT2D eigenvalue weighted by Crippen LogP contribution is -2.32. The molecule has 7 rings (SSSR count). The number of rotatable bonds is 13. The largest absolute Gasteiger partial charge is 0.457 e. The minimum Gasteiger partial charge on any atom is -0.457 e. The number of imidazole rings is 2. The van der Waals surface area contributed by atoms with Gasteiger partial charge in [0, 0.05) is 54.2 Å². The van der Waals surface area contributed by atoms with Gasteiger partial charge in [0.1, 0.15) is 17.0 Å². The van der Waals surface area contributed by atoms with E-state index in [-0.39, 0.29) is 5.91 Å². The molecule has 0 saturated heterocycles. The highest BCUT2D eigenvalue weighted by Crippen LogP contribution is 2.34. The Morgan fingerprint density at radius 3 is 1.98 bits per heavy atom. The number of aromatic nitrogens is 4. The molecule has 4 aromatic carbocycles. The van der Waals surface area contributed by atoms with Crippen molar-refractivity contribution >= 4 is 35.7 Å². The van der Waals surface area contributed by atoms with E-state index in [0.29, 0.717) is 24.5 Å². The van der Waals surface area contributed by atoms with Gasteiger partial charge in [-0.25, -0.2) is 19.6 Å². The van der Waals surface area contributed by atoms with Crippen molar-refractivity contribution in [2.75, 3.05) is 6.54 Å². The molecule has 324 valence electrons. The lowest BCUT2D eigenvalue weighted by Gasteiger charge is -2.20. The lowest BCUT2D eigenvalue weighted by molar-refractivity contribution is -0.166. The number of ether oxygens (including phenoxy) is 2. The van der Waals surface area contributed by atoms with Crippen LogP contribution in [0.15, 0.2) is 139 Å². The average Bonchev–Trinajstić information content (AvgIpc) is 4.08. The number of nitrogens with one attached hydrogen (secondary N) is 3. The lowest BCUT2D eigenvalue weighted by atomic mass is 10.00. The summed E-state index contributed by atoms with van der Waals surface area (Å²) in [5.74, 6) is -0.318. The zero-order valence-corrected chi connectivity index (χ0v) is 36.6. The summed E-state index contributed by atoms with van der Waals surface area (Å²) < 4.78 is 10.9. The Bertz CT molecular complexity index is 2490. The van der Waals surface area contributed by atoms with E-state index in [2.05, 4.69) is 37.6 Å². The van der Waals surface area contributed by atoms with Crippen LogP contribution < -0.4 is 5.32 Å². The molecule has 0 radical (unpaired) electrons. The number of oxime groups is 1. The fourth-order valence-corrected chi connectivity index (χ4v) is 6.40. The van der Waals surface area contributed by atoms with Crippen molar-refractivity contribution in [3.05, 3.63) is 156 Å².